The highest BCUT2D eigenvalue weighted by Gasteiger charge is 2.63. The molecule has 0 heterocycles. The number of methoxy groups -OCH3 is 1. The van der Waals surface area contributed by atoms with Gasteiger partial charge in [-0.3, -0.25) is 9.59 Å². The first-order chi connectivity index (χ1) is 12.3. The molecule has 4 nitrogen and oxygen atoms in total. The minimum atomic E-state index is -0.353. The molecule has 0 radical (unpaired) electrons. The third-order valence-corrected chi connectivity index (χ3v) is 8.56. The smallest absolute Gasteiger partial charge is 0.161 e. The number of nitrogens with zero attached hydrogens (tertiary/aromatic N) is 1. The molecule has 0 saturated heterocycles. The van der Waals surface area contributed by atoms with Crippen LogP contribution in [0.5, 0.6) is 0 Å². The first-order valence-electron chi connectivity index (χ1n) is 10.0. The van der Waals surface area contributed by atoms with Gasteiger partial charge < -0.3 is 4.74 Å². The molecular formula is C22H29NO3. The average Bonchev–Trinajstić information content (AvgIpc) is 2.91. The van der Waals surface area contributed by atoms with Crippen molar-refractivity contribution in [2.45, 2.75) is 64.9 Å². The summed E-state index contributed by atoms with van der Waals surface area (Å²) in [6, 6.07) is 2.20. The van der Waals surface area contributed by atoms with Crippen LogP contribution in [0.4, 0.5) is 0 Å². The third-order valence-electron chi connectivity index (χ3n) is 8.56. The van der Waals surface area contributed by atoms with Gasteiger partial charge >= 0.3 is 0 Å². The van der Waals surface area contributed by atoms with Gasteiger partial charge in [0, 0.05) is 31.9 Å². The minimum Gasteiger partial charge on any atom is -0.374 e. The molecule has 4 rings (SSSR count). The topological polar surface area (TPSA) is 67.2 Å². The third kappa shape index (κ3) is 2.29. The predicted molar refractivity (Wildman–Crippen MR) is 97.0 cm³/mol. The SMILES string of the molecule is COC1CC2(C)C(CCC3C4CCC(=CC#N)C4(C)CC(=O)C32)CC1=O. The number of carbonyl (C=O) groups excluding carboxylic acids is 2. The number of carbonyl (C=O) groups is 2. The number of Topliss-reactive ketones (excluding diaryl/α,β-unsaturated/α-hetero) is 2. The molecular weight excluding hydrogens is 326 g/mol. The molecule has 0 spiro atoms. The van der Waals surface area contributed by atoms with E-state index in [0.717, 1.165) is 25.7 Å². The Kier molecular flexibility index (Phi) is 4.15. The summed E-state index contributed by atoms with van der Waals surface area (Å²) in [5, 5.41) is 9.15. The van der Waals surface area contributed by atoms with Crippen LogP contribution in [-0.2, 0) is 14.3 Å². The summed E-state index contributed by atoms with van der Waals surface area (Å²) in [5.74, 6) is 1.80. The van der Waals surface area contributed by atoms with E-state index in [2.05, 4.69) is 19.9 Å². The first-order valence-corrected chi connectivity index (χ1v) is 10.0. The van der Waals surface area contributed by atoms with E-state index in [-0.39, 0.29) is 28.6 Å². The van der Waals surface area contributed by atoms with Gasteiger partial charge in [0.2, 0.25) is 0 Å². The van der Waals surface area contributed by atoms with Crippen molar-refractivity contribution >= 4 is 11.6 Å². The minimum absolute atomic E-state index is 0.0477. The average molecular weight is 355 g/mol. The van der Waals surface area contributed by atoms with E-state index in [4.69, 9.17) is 10.00 Å². The summed E-state index contributed by atoms with van der Waals surface area (Å²) in [6.45, 7) is 4.45. The van der Waals surface area contributed by atoms with Gasteiger partial charge in [0.15, 0.2) is 5.78 Å². The van der Waals surface area contributed by atoms with Crippen LogP contribution in [0.15, 0.2) is 11.6 Å². The molecule has 7 atom stereocenters. The lowest BCUT2D eigenvalue weighted by Crippen LogP contribution is -2.58. The Hall–Kier alpha value is -1.47. The molecule has 4 aliphatic carbocycles. The maximum atomic E-state index is 13.4. The Balaban J connectivity index is 1.71. The highest BCUT2D eigenvalue weighted by atomic mass is 16.5. The Morgan fingerprint density at radius 3 is 2.65 bits per heavy atom. The van der Waals surface area contributed by atoms with E-state index in [0.29, 0.717) is 42.8 Å². The molecule has 0 aromatic heterocycles. The molecule has 4 fully saturated rings. The fraction of sp³-hybridized carbons (Fsp3) is 0.773. The van der Waals surface area contributed by atoms with Crippen LogP contribution in [0.2, 0.25) is 0 Å². The van der Waals surface area contributed by atoms with Crippen molar-refractivity contribution in [1.82, 2.24) is 0 Å². The Labute approximate surface area is 156 Å². The molecule has 0 aromatic rings. The summed E-state index contributed by atoms with van der Waals surface area (Å²) in [6.07, 6.45) is 7.27. The number of nitriles is 1. The molecule has 0 aromatic carbocycles. The number of hydrogen-bond acceptors (Lipinski definition) is 4. The quantitative estimate of drug-likeness (QED) is 0.670. The van der Waals surface area contributed by atoms with Crippen LogP contribution in [0.25, 0.3) is 0 Å². The molecule has 4 aliphatic rings. The maximum absolute atomic E-state index is 13.4. The first kappa shape index (κ1) is 17.9. The number of ether oxygens (including phenoxy) is 1. The van der Waals surface area contributed by atoms with Gasteiger partial charge in [-0.25, -0.2) is 0 Å². The summed E-state index contributed by atoms with van der Waals surface area (Å²) in [7, 11) is 1.61. The zero-order valence-electron chi connectivity index (χ0n) is 16.1. The fourth-order valence-corrected chi connectivity index (χ4v) is 7.28. The van der Waals surface area contributed by atoms with Gasteiger partial charge in [0.05, 0.1) is 6.07 Å². The molecule has 0 bridgehead atoms. The zero-order valence-corrected chi connectivity index (χ0v) is 16.1. The monoisotopic (exact) mass is 355 g/mol. The number of hydrogen-bond donors (Lipinski definition) is 0. The van der Waals surface area contributed by atoms with Crippen molar-refractivity contribution in [2.24, 2.45) is 34.5 Å². The highest BCUT2D eigenvalue weighted by Crippen LogP contribution is 2.66. The van der Waals surface area contributed by atoms with Gasteiger partial charge in [-0.15, -0.1) is 0 Å². The molecule has 4 heteroatoms. The van der Waals surface area contributed by atoms with Crippen molar-refractivity contribution in [2.75, 3.05) is 7.11 Å². The van der Waals surface area contributed by atoms with Crippen LogP contribution in [0, 0.1) is 45.8 Å². The molecule has 0 aliphatic heterocycles. The summed E-state index contributed by atoms with van der Waals surface area (Å²) in [4.78, 5) is 25.8. The van der Waals surface area contributed by atoms with Crippen LogP contribution in [-0.4, -0.2) is 24.8 Å². The zero-order chi connectivity index (χ0) is 18.7. The number of ketones is 2. The summed E-state index contributed by atoms with van der Waals surface area (Å²) < 4.78 is 5.48. The molecule has 7 unspecified atom stereocenters. The molecule has 4 saturated carbocycles. The van der Waals surface area contributed by atoms with Crippen LogP contribution in [0.3, 0.4) is 0 Å². The molecule has 0 N–H and O–H groups in total. The van der Waals surface area contributed by atoms with Gasteiger partial charge in [0.25, 0.3) is 0 Å². The van der Waals surface area contributed by atoms with Gasteiger partial charge in [0.1, 0.15) is 11.9 Å². The fourth-order valence-electron chi connectivity index (χ4n) is 7.28. The lowest BCUT2D eigenvalue weighted by atomic mass is 9.44. The van der Waals surface area contributed by atoms with E-state index in [1.165, 1.54) is 5.57 Å². The van der Waals surface area contributed by atoms with Gasteiger partial charge in [-0.1, -0.05) is 19.4 Å². The summed E-state index contributed by atoms with van der Waals surface area (Å²) >= 11 is 0. The second-order valence-electron chi connectivity index (χ2n) is 9.52. The highest BCUT2D eigenvalue weighted by molar-refractivity contribution is 5.87. The standard InChI is InChI=1S/C22H29NO3/c1-21-11-18(25)20-15(16(21)7-5-13(21)8-9-23)6-4-14-10-17(24)19(26-3)12-22(14,20)2/h8,14-16,19-20H,4-7,10-12H2,1-3H3. The van der Waals surface area contributed by atoms with Crippen LogP contribution < -0.4 is 0 Å². The summed E-state index contributed by atoms with van der Waals surface area (Å²) in [5.41, 5.74) is 0.914. The van der Waals surface area contributed by atoms with E-state index in [1.54, 1.807) is 13.2 Å². The molecule has 0 amide bonds. The van der Waals surface area contributed by atoms with Crippen molar-refractivity contribution in [3.63, 3.8) is 0 Å². The Morgan fingerprint density at radius 2 is 1.96 bits per heavy atom. The van der Waals surface area contributed by atoms with E-state index in [1.807, 2.05) is 0 Å². The van der Waals surface area contributed by atoms with E-state index >= 15 is 0 Å². The number of fused-ring (bicyclic) bond motifs is 5. The number of rotatable bonds is 1. The van der Waals surface area contributed by atoms with Gasteiger partial charge in [-0.05, 0) is 60.7 Å². The molecule has 140 valence electrons. The predicted octanol–water partition coefficient (Wildman–Crippen LogP) is 3.85. The van der Waals surface area contributed by atoms with Crippen LogP contribution >= 0.6 is 0 Å². The lowest BCUT2D eigenvalue weighted by molar-refractivity contribution is -0.166. The number of allylic oxidation sites excluding steroid dienone is 2. The van der Waals surface area contributed by atoms with E-state index in [9.17, 15) is 9.59 Å². The van der Waals surface area contributed by atoms with Gasteiger partial charge in [-0.2, -0.15) is 5.26 Å². The van der Waals surface area contributed by atoms with Crippen molar-refractivity contribution in [3.8, 4) is 6.07 Å². The normalized spacial score (nSPS) is 49.3. The molecule has 26 heavy (non-hydrogen) atoms. The van der Waals surface area contributed by atoms with Crippen molar-refractivity contribution < 1.29 is 14.3 Å². The van der Waals surface area contributed by atoms with Crippen LogP contribution in [0.1, 0.15) is 58.8 Å². The lowest BCUT2D eigenvalue weighted by Gasteiger charge is -2.59. The Bertz CT molecular complexity index is 719. The largest absolute Gasteiger partial charge is 0.374 e. The maximum Gasteiger partial charge on any atom is 0.161 e. The second-order valence-corrected chi connectivity index (χ2v) is 9.52. The van der Waals surface area contributed by atoms with E-state index < -0.39 is 0 Å². The second kappa shape index (κ2) is 6.02. The van der Waals surface area contributed by atoms with Crippen molar-refractivity contribution in [3.05, 3.63) is 11.6 Å². The van der Waals surface area contributed by atoms with Crippen molar-refractivity contribution in [1.29, 1.82) is 5.26 Å². The Morgan fingerprint density at radius 1 is 1.19 bits per heavy atom.